The molecule has 8 heteroatoms. The lowest BCUT2D eigenvalue weighted by Crippen LogP contribution is -2.54. The van der Waals surface area contributed by atoms with E-state index in [2.05, 4.69) is 36.4 Å². The lowest BCUT2D eigenvalue weighted by molar-refractivity contribution is -0.136. The Morgan fingerprint density at radius 3 is 2.33 bits per heavy atom. The molecule has 1 atom stereocenters. The molecular weight excluding hydrogens is 456 g/mol. The third-order valence-electron chi connectivity index (χ3n) is 7.51. The first-order chi connectivity index (χ1) is 17.4. The van der Waals surface area contributed by atoms with Gasteiger partial charge in [-0.3, -0.25) is 29.4 Å². The summed E-state index contributed by atoms with van der Waals surface area (Å²) in [7, 11) is 0. The van der Waals surface area contributed by atoms with Crippen molar-refractivity contribution in [3.8, 4) is 0 Å². The van der Waals surface area contributed by atoms with Crippen LogP contribution in [0.15, 0.2) is 30.9 Å². The van der Waals surface area contributed by atoms with Crippen LogP contribution in [-0.2, 0) is 9.59 Å². The Labute approximate surface area is 214 Å². The molecule has 1 saturated heterocycles. The van der Waals surface area contributed by atoms with E-state index in [9.17, 15) is 19.2 Å². The van der Waals surface area contributed by atoms with Crippen LogP contribution in [0.3, 0.4) is 0 Å². The van der Waals surface area contributed by atoms with Crippen molar-refractivity contribution in [1.29, 1.82) is 0 Å². The number of amides is 4. The van der Waals surface area contributed by atoms with Crippen LogP contribution in [0, 0.1) is 0 Å². The number of unbranched alkanes of at least 4 members (excludes halogenated alkanes) is 4. The summed E-state index contributed by atoms with van der Waals surface area (Å²) in [5.41, 5.74) is 1.56. The first-order valence-electron chi connectivity index (χ1n) is 13.3. The lowest BCUT2D eigenvalue weighted by atomic mass is 9.89. The van der Waals surface area contributed by atoms with E-state index in [1.807, 2.05) is 6.08 Å². The number of benzene rings is 1. The van der Waals surface area contributed by atoms with E-state index in [0.717, 1.165) is 62.2 Å². The highest BCUT2D eigenvalue weighted by Gasteiger charge is 2.44. The summed E-state index contributed by atoms with van der Waals surface area (Å²) in [6, 6.07) is 4.17. The quantitative estimate of drug-likeness (QED) is 0.191. The molecule has 8 nitrogen and oxygen atoms in total. The number of imide groups is 2. The minimum atomic E-state index is -0.941. The van der Waals surface area contributed by atoms with Gasteiger partial charge in [-0.15, -0.1) is 6.58 Å². The van der Waals surface area contributed by atoms with Crippen LogP contribution >= 0.6 is 0 Å². The van der Waals surface area contributed by atoms with Gasteiger partial charge in [0.25, 0.3) is 11.8 Å². The Kier molecular flexibility index (Phi) is 9.81. The molecule has 1 fully saturated rings. The van der Waals surface area contributed by atoms with Gasteiger partial charge in [0.15, 0.2) is 0 Å². The van der Waals surface area contributed by atoms with Crippen molar-refractivity contribution in [3.05, 3.63) is 42.0 Å². The van der Waals surface area contributed by atoms with Crippen molar-refractivity contribution in [1.82, 2.24) is 15.5 Å². The fraction of sp³-hybridized carbons (Fsp3) is 0.571. The molecule has 0 spiro atoms. The van der Waals surface area contributed by atoms with Crippen LogP contribution in [0.4, 0.5) is 5.69 Å². The standard InChI is InChI=1S/C28H40N4O4/c1-4-16-28(5-2,6-3)30-18-11-9-7-8-10-17-29-20-12-13-21-22(19-20)27(36)32(26(21)35)23-14-15-24(33)31-25(23)34/h4,12-13,19,23,29-30H,1,5-11,14-18H2,2-3H3,(H,31,33,34). The molecule has 196 valence electrons. The van der Waals surface area contributed by atoms with Crippen LogP contribution in [0.25, 0.3) is 0 Å². The molecule has 36 heavy (non-hydrogen) atoms. The Hall–Kier alpha value is -3.00. The van der Waals surface area contributed by atoms with Gasteiger partial charge in [0.05, 0.1) is 11.1 Å². The van der Waals surface area contributed by atoms with Crippen molar-refractivity contribution in [3.63, 3.8) is 0 Å². The number of rotatable bonds is 15. The molecule has 3 N–H and O–H groups in total. The zero-order valence-electron chi connectivity index (χ0n) is 21.7. The third-order valence-corrected chi connectivity index (χ3v) is 7.51. The van der Waals surface area contributed by atoms with E-state index in [4.69, 9.17) is 0 Å². The average Bonchev–Trinajstić information content (AvgIpc) is 3.11. The van der Waals surface area contributed by atoms with Crippen molar-refractivity contribution >= 4 is 29.3 Å². The van der Waals surface area contributed by atoms with Crippen LogP contribution in [0.2, 0.25) is 0 Å². The van der Waals surface area contributed by atoms with Gasteiger partial charge in [-0.1, -0.05) is 39.2 Å². The molecule has 2 aliphatic rings. The summed E-state index contributed by atoms with van der Waals surface area (Å²) in [4.78, 5) is 50.3. The molecule has 1 aromatic carbocycles. The maximum Gasteiger partial charge on any atom is 0.262 e. The van der Waals surface area contributed by atoms with Gasteiger partial charge in [0.2, 0.25) is 11.8 Å². The maximum atomic E-state index is 12.9. The summed E-state index contributed by atoms with van der Waals surface area (Å²) < 4.78 is 0. The normalized spacial score (nSPS) is 17.8. The molecule has 0 saturated carbocycles. The number of nitrogens with zero attached hydrogens (tertiary/aromatic N) is 1. The molecule has 4 amide bonds. The van der Waals surface area contributed by atoms with E-state index in [0.29, 0.717) is 11.1 Å². The average molecular weight is 497 g/mol. The fourth-order valence-electron chi connectivity index (χ4n) is 5.08. The minimum Gasteiger partial charge on any atom is -0.385 e. The fourth-order valence-corrected chi connectivity index (χ4v) is 5.08. The Morgan fingerprint density at radius 1 is 1.00 bits per heavy atom. The van der Waals surface area contributed by atoms with Crippen LogP contribution in [0.5, 0.6) is 0 Å². The Balaban J connectivity index is 1.39. The van der Waals surface area contributed by atoms with Gasteiger partial charge < -0.3 is 10.6 Å². The zero-order valence-corrected chi connectivity index (χ0v) is 21.7. The van der Waals surface area contributed by atoms with E-state index in [1.54, 1.807) is 18.2 Å². The topological polar surface area (TPSA) is 108 Å². The maximum absolute atomic E-state index is 12.9. The van der Waals surface area contributed by atoms with Crippen molar-refractivity contribution in [2.45, 2.75) is 89.6 Å². The smallest absolute Gasteiger partial charge is 0.262 e. The van der Waals surface area contributed by atoms with Gasteiger partial charge in [-0.2, -0.15) is 0 Å². The van der Waals surface area contributed by atoms with E-state index in [1.165, 1.54) is 12.8 Å². The highest BCUT2D eigenvalue weighted by molar-refractivity contribution is 6.23. The molecule has 2 heterocycles. The highest BCUT2D eigenvalue weighted by Crippen LogP contribution is 2.29. The largest absolute Gasteiger partial charge is 0.385 e. The van der Waals surface area contributed by atoms with Crippen LogP contribution < -0.4 is 16.0 Å². The molecule has 1 aromatic rings. The van der Waals surface area contributed by atoms with Crippen LogP contribution in [-0.4, -0.2) is 53.2 Å². The first kappa shape index (κ1) is 27.6. The Morgan fingerprint density at radius 2 is 1.67 bits per heavy atom. The molecule has 2 aliphatic heterocycles. The summed E-state index contributed by atoms with van der Waals surface area (Å²) >= 11 is 0. The van der Waals surface area contributed by atoms with Gasteiger partial charge in [0.1, 0.15) is 6.04 Å². The Bertz CT molecular complexity index is 986. The van der Waals surface area contributed by atoms with Gasteiger partial charge in [-0.25, -0.2) is 0 Å². The zero-order chi connectivity index (χ0) is 26.1. The summed E-state index contributed by atoms with van der Waals surface area (Å²) in [6.45, 7) is 10.2. The lowest BCUT2D eigenvalue weighted by Gasteiger charge is -2.32. The molecule has 0 aromatic heterocycles. The number of fused-ring (bicyclic) bond motifs is 1. The number of hydrogen-bond donors (Lipinski definition) is 3. The van der Waals surface area contributed by atoms with Gasteiger partial charge >= 0.3 is 0 Å². The number of nitrogens with one attached hydrogen (secondary N) is 3. The van der Waals surface area contributed by atoms with Gasteiger partial charge in [0, 0.05) is 24.2 Å². The monoisotopic (exact) mass is 496 g/mol. The molecule has 0 bridgehead atoms. The molecule has 0 radical (unpaired) electrons. The second-order valence-corrected chi connectivity index (χ2v) is 9.81. The second kappa shape index (κ2) is 12.8. The number of hydrogen-bond acceptors (Lipinski definition) is 6. The van der Waals surface area contributed by atoms with Crippen LogP contribution in [0.1, 0.15) is 98.8 Å². The van der Waals surface area contributed by atoms with E-state index >= 15 is 0 Å². The minimum absolute atomic E-state index is 0.112. The summed E-state index contributed by atoms with van der Waals surface area (Å²) in [5.74, 6) is -1.94. The predicted molar refractivity (Wildman–Crippen MR) is 141 cm³/mol. The third kappa shape index (κ3) is 6.40. The first-order valence-corrected chi connectivity index (χ1v) is 13.3. The van der Waals surface area contributed by atoms with Gasteiger partial charge in [-0.05, 0) is 63.3 Å². The number of carbonyl (C=O) groups is 4. The highest BCUT2D eigenvalue weighted by atomic mass is 16.2. The molecule has 0 aliphatic carbocycles. The van der Waals surface area contributed by atoms with Crippen molar-refractivity contribution < 1.29 is 19.2 Å². The van der Waals surface area contributed by atoms with E-state index < -0.39 is 23.8 Å². The molecule has 3 rings (SSSR count). The van der Waals surface area contributed by atoms with E-state index in [-0.39, 0.29) is 24.3 Å². The molecule has 1 unspecified atom stereocenters. The molecular formula is C28H40N4O4. The SMILES string of the molecule is C=CCC(CC)(CC)NCCCCCCCNc1ccc2c(c1)C(=O)N(C1CCC(=O)NC1=O)C2=O. The van der Waals surface area contributed by atoms with Crippen molar-refractivity contribution in [2.24, 2.45) is 0 Å². The summed E-state index contributed by atoms with van der Waals surface area (Å²) in [5, 5.41) is 9.29. The second-order valence-electron chi connectivity index (χ2n) is 9.81. The number of carbonyl (C=O) groups excluding carboxylic acids is 4. The summed E-state index contributed by atoms with van der Waals surface area (Å²) in [6.07, 6.45) is 11.2. The number of piperidine rings is 1. The predicted octanol–water partition coefficient (Wildman–Crippen LogP) is 4.17. The number of anilines is 1. The van der Waals surface area contributed by atoms with Crippen molar-refractivity contribution in [2.75, 3.05) is 18.4 Å².